The summed E-state index contributed by atoms with van der Waals surface area (Å²) in [6, 6.07) is 1.25. The molecule has 2 aliphatic heterocycles. The number of nitrogens with one attached hydrogen (secondary N) is 1. The van der Waals surface area contributed by atoms with Crippen molar-refractivity contribution in [2.24, 2.45) is 5.92 Å². The Kier molecular flexibility index (Phi) is 2.54. The van der Waals surface area contributed by atoms with Crippen molar-refractivity contribution in [3.05, 3.63) is 0 Å². The average molecular weight is 223 g/mol. The van der Waals surface area contributed by atoms with Crippen molar-refractivity contribution < 1.29 is 4.79 Å². The monoisotopic (exact) mass is 223 g/mol. The van der Waals surface area contributed by atoms with Gasteiger partial charge in [-0.3, -0.25) is 0 Å². The van der Waals surface area contributed by atoms with Gasteiger partial charge in [0, 0.05) is 32.2 Å². The lowest BCUT2D eigenvalue weighted by Gasteiger charge is -2.28. The Morgan fingerprint density at radius 2 is 2.12 bits per heavy atom. The van der Waals surface area contributed by atoms with Crippen molar-refractivity contribution >= 4 is 6.03 Å². The van der Waals surface area contributed by atoms with Crippen LogP contribution >= 0.6 is 0 Å². The Labute approximate surface area is 97.0 Å². The molecule has 0 aromatic carbocycles. The number of carbonyl (C=O) groups is 1. The maximum Gasteiger partial charge on any atom is 0.320 e. The Morgan fingerprint density at radius 3 is 2.81 bits per heavy atom. The van der Waals surface area contributed by atoms with Crippen LogP contribution in [0, 0.1) is 5.92 Å². The van der Waals surface area contributed by atoms with E-state index in [0.717, 1.165) is 32.1 Å². The number of hydrogen-bond donors (Lipinski definition) is 1. The molecule has 0 bridgehead atoms. The zero-order chi connectivity index (χ0) is 11.1. The maximum absolute atomic E-state index is 12.3. The van der Waals surface area contributed by atoms with E-state index in [1.54, 1.807) is 0 Å². The molecule has 16 heavy (non-hydrogen) atoms. The normalized spacial score (nSPS) is 39.3. The summed E-state index contributed by atoms with van der Waals surface area (Å²) in [6.07, 6.45) is 3.71. The molecule has 2 amide bonds. The smallest absolute Gasteiger partial charge is 0.320 e. The van der Waals surface area contributed by atoms with E-state index in [2.05, 4.69) is 22.0 Å². The van der Waals surface area contributed by atoms with Crippen molar-refractivity contribution in [3.8, 4) is 0 Å². The summed E-state index contributed by atoms with van der Waals surface area (Å²) in [5.74, 6) is 0.800. The van der Waals surface area contributed by atoms with Crippen LogP contribution in [0.5, 0.6) is 0 Å². The molecule has 0 aromatic rings. The number of amides is 2. The van der Waals surface area contributed by atoms with Gasteiger partial charge in [0.05, 0.1) is 6.04 Å². The summed E-state index contributed by atoms with van der Waals surface area (Å²) in [5.41, 5.74) is 0. The van der Waals surface area contributed by atoms with Crippen LogP contribution < -0.4 is 5.32 Å². The second kappa shape index (κ2) is 3.91. The summed E-state index contributed by atoms with van der Waals surface area (Å²) >= 11 is 0. The molecule has 4 nitrogen and oxygen atoms in total. The summed E-state index contributed by atoms with van der Waals surface area (Å²) in [5, 5.41) is 3.38. The van der Waals surface area contributed by atoms with Gasteiger partial charge >= 0.3 is 6.03 Å². The van der Waals surface area contributed by atoms with Gasteiger partial charge in [-0.25, -0.2) is 4.79 Å². The SMILES string of the molecule is CC1CCC(N2C[C@@H]3CNCCN3C2=O)C1. The van der Waals surface area contributed by atoms with Gasteiger partial charge in [-0.05, 0) is 25.2 Å². The molecule has 90 valence electrons. The van der Waals surface area contributed by atoms with E-state index >= 15 is 0 Å². The Balaban J connectivity index is 1.70. The number of urea groups is 1. The Hall–Kier alpha value is -0.770. The van der Waals surface area contributed by atoms with Gasteiger partial charge in [-0.1, -0.05) is 6.92 Å². The second-order valence-corrected chi connectivity index (χ2v) is 5.56. The fourth-order valence-electron chi connectivity index (χ4n) is 3.41. The van der Waals surface area contributed by atoms with Crippen LogP contribution in [-0.4, -0.2) is 54.1 Å². The van der Waals surface area contributed by atoms with Crippen LogP contribution in [0.25, 0.3) is 0 Å². The standard InChI is InChI=1S/C12H21N3O/c1-9-2-3-10(6-9)15-8-11-7-13-4-5-14(11)12(15)16/h9-11,13H,2-8H2,1H3/t9?,10?,11-/m0/s1. The molecular formula is C12H21N3O. The van der Waals surface area contributed by atoms with E-state index in [-0.39, 0.29) is 0 Å². The number of rotatable bonds is 1. The third-order valence-corrected chi connectivity index (χ3v) is 4.36. The number of nitrogens with zero attached hydrogens (tertiary/aromatic N) is 2. The average Bonchev–Trinajstić information content (AvgIpc) is 2.84. The molecule has 0 aromatic heterocycles. The van der Waals surface area contributed by atoms with E-state index in [9.17, 15) is 4.79 Å². The van der Waals surface area contributed by atoms with Crippen molar-refractivity contribution in [1.82, 2.24) is 15.1 Å². The highest BCUT2D eigenvalue weighted by atomic mass is 16.2. The quantitative estimate of drug-likeness (QED) is 0.716. The number of carbonyl (C=O) groups excluding carboxylic acids is 1. The predicted octanol–water partition coefficient (Wildman–Crippen LogP) is 0.884. The van der Waals surface area contributed by atoms with E-state index in [1.807, 2.05) is 0 Å². The minimum absolute atomic E-state index is 0.297. The first-order valence-electron chi connectivity index (χ1n) is 6.53. The minimum Gasteiger partial charge on any atom is -0.320 e. The molecule has 3 fully saturated rings. The zero-order valence-corrected chi connectivity index (χ0v) is 9.98. The van der Waals surface area contributed by atoms with E-state index in [1.165, 1.54) is 19.3 Å². The molecule has 4 heteroatoms. The molecule has 2 heterocycles. The van der Waals surface area contributed by atoms with E-state index < -0.39 is 0 Å². The molecule has 3 rings (SSSR count). The van der Waals surface area contributed by atoms with Crippen LogP contribution in [0.2, 0.25) is 0 Å². The van der Waals surface area contributed by atoms with Crippen molar-refractivity contribution in [3.63, 3.8) is 0 Å². The van der Waals surface area contributed by atoms with Crippen LogP contribution in [-0.2, 0) is 0 Å². The van der Waals surface area contributed by atoms with Gasteiger partial charge in [0.2, 0.25) is 0 Å². The van der Waals surface area contributed by atoms with Crippen LogP contribution in [0.3, 0.4) is 0 Å². The number of piperazine rings is 1. The van der Waals surface area contributed by atoms with Crippen LogP contribution in [0.15, 0.2) is 0 Å². The number of hydrogen-bond acceptors (Lipinski definition) is 2. The Bertz CT molecular complexity index is 294. The lowest BCUT2D eigenvalue weighted by molar-refractivity contribution is 0.170. The van der Waals surface area contributed by atoms with Crippen LogP contribution in [0.4, 0.5) is 4.79 Å². The van der Waals surface area contributed by atoms with Gasteiger partial charge in [-0.15, -0.1) is 0 Å². The van der Waals surface area contributed by atoms with Gasteiger partial charge in [0.25, 0.3) is 0 Å². The fourth-order valence-corrected chi connectivity index (χ4v) is 3.41. The molecule has 0 spiro atoms. The largest absolute Gasteiger partial charge is 0.320 e. The Morgan fingerprint density at radius 1 is 1.25 bits per heavy atom. The van der Waals surface area contributed by atoms with Crippen molar-refractivity contribution in [1.29, 1.82) is 0 Å². The third kappa shape index (κ3) is 1.59. The summed E-state index contributed by atoms with van der Waals surface area (Å²) in [7, 11) is 0. The first-order valence-corrected chi connectivity index (χ1v) is 6.53. The van der Waals surface area contributed by atoms with Gasteiger partial charge in [-0.2, -0.15) is 0 Å². The van der Waals surface area contributed by atoms with Crippen molar-refractivity contribution in [2.75, 3.05) is 26.2 Å². The number of fused-ring (bicyclic) bond motifs is 1. The summed E-state index contributed by atoms with van der Waals surface area (Å²) in [4.78, 5) is 16.5. The highest BCUT2D eigenvalue weighted by Gasteiger charge is 2.42. The lowest BCUT2D eigenvalue weighted by atomic mass is 10.1. The molecule has 1 aliphatic carbocycles. The van der Waals surface area contributed by atoms with E-state index in [0.29, 0.717) is 18.1 Å². The highest BCUT2D eigenvalue weighted by molar-refractivity contribution is 5.77. The molecule has 0 radical (unpaired) electrons. The second-order valence-electron chi connectivity index (χ2n) is 5.56. The summed E-state index contributed by atoms with van der Waals surface area (Å²) in [6.45, 7) is 6.07. The first-order chi connectivity index (χ1) is 7.75. The van der Waals surface area contributed by atoms with Gasteiger partial charge < -0.3 is 15.1 Å². The molecule has 1 N–H and O–H groups in total. The zero-order valence-electron chi connectivity index (χ0n) is 9.98. The molecule has 1 saturated carbocycles. The van der Waals surface area contributed by atoms with Crippen molar-refractivity contribution in [2.45, 2.75) is 38.3 Å². The fraction of sp³-hybridized carbons (Fsp3) is 0.917. The third-order valence-electron chi connectivity index (χ3n) is 4.36. The van der Waals surface area contributed by atoms with Gasteiger partial charge in [0.15, 0.2) is 0 Å². The maximum atomic E-state index is 12.3. The van der Waals surface area contributed by atoms with E-state index in [4.69, 9.17) is 0 Å². The molecule has 3 atom stereocenters. The topological polar surface area (TPSA) is 35.6 Å². The predicted molar refractivity (Wildman–Crippen MR) is 62.3 cm³/mol. The molecule has 2 unspecified atom stereocenters. The first kappa shape index (κ1) is 10.4. The lowest BCUT2D eigenvalue weighted by Crippen LogP contribution is -2.50. The minimum atomic E-state index is 0.297. The van der Waals surface area contributed by atoms with Gasteiger partial charge in [0.1, 0.15) is 0 Å². The highest BCUT2D eigenvalue weighted by Crippen LogP contribution is 2.32. The molecule has 3 aliphatic rings. The summed E-state index contributed by atoms with van der Waals surface area (Å²) < 4.78 is 0. The molecular weight excluding hydrogens is 202 g/mol. The molecule has 2 saturated heterocycles. The van der Waals surface area contributed by atoms with Crippen LogP contribution in [0.1, 0.15) is 26.2 Å².